The molecule has 1 aliphatic heterocycles. The summed E-state index contributed by atoms with van der Waals surface area (Å²) in [6.07, 6.45) is -4.84. The largest absolute Gasteiger partial charge is 0.573 e. The summed E-state index contributed by atoms with van der Waals surface area (Å²) in [6, 6.07) is 15.2. The van der Waals surface area contributed by atoms with Gasteiger partial charge in [0.05, 0.1) is 12.3 Å². The number of ether oxygens (including phenoxy) is 2. The van der Waals surface area contributed by atoms with Gasteiger partial charge < -0.3 is 14.8 Å². The molecule has 0 aliphatic carbocycles. The highest BCUT2D eigenvalue weighted by atomic mass is 19.4. The van der Waals surface area contributed by atoms with Crippen molar-refractivity contribution in [1.29, 1.82) is 0 Å². The van der Waals surface area contributed by atoms with Crippen LogP contribution in [0, 0.1) is 5.82 Å². The number of anilines is 1. The molecule has 1 heterocycles. The van der Waals surface area contributed by atoms with Crippen molar-refractivity contribution >= 4 is 17.4 Å². The number of rotatable bonds is 6. The van der Waals surface area contributed by atoms with Crippen molar-refractivity contribution in [3.05, 3.63) is 89.7 Å². The standard InChI is InChI=1S/C24H17F6N3O3/c25-16-5-1-14(2-6-16)20-13-33(32-21(20)15-3-9-18(10-4-15)35-22(26)27)23(34)31-17-7-11-19(12-8-17)36-24(28,29)30/h1-12,20,22H,13H2,(H,31,34). The third-order valence-electron chi connectivity index (χ3n) is 5.14. The van der Waals surface area contributed by atoms with Gasteiger partial charge in [0.25, 0.3) is 0 Å². The molecule has 0 radical (unpaired) electrons. The molecule has 2 amide bonds. The van der Waals surface area contributed by atoms with Crippen LogP contribution in [0.3, 0.4) is 0 Å². The molecular weight excluding hydrogens is 492 g/mol. The molecule has 1 aliphatic rings. The van der Waals surface area contributed by atoms with Gasteiger partial charge in [-0.25, -0.2) is 14.2 Å². The Labute approximate surface area is 200 Å². The van der Waals surface area contributed by atoms with Crippen LogP contribution in [0.1, 0.15) is 17.0 Å². The maximum absolute atomic E-state index is 13.5. The van der Waals surface area contributed by atoms with Gasteiger partial charge in [0.1, 0.15) is 17.3 Å². The fourth-order valence-corrected chi connectivity index (χ4v) is 3.58. The van der Waals surface area contributed by atoms with Gasteiger partial charge in [-0.1, -0.05) is 12.1 Å². The number of hydrazone groups is 1. The number of amides is 2. The highest BCUT2D eigenvalue weighted by molar-refractivity contribution is 6.07. The molecule has 36 heavy (non-hydrogen) atoms. The number of benzene rings is 3. The number of carbonyl (C=O) groups is 1. The highest BCUT2D eigenvalue weighted by Crippen LogP contribution is 2.31. The molecule has 3 aromatic rings. The van der Waals surface area contributed by atoms with Crippen molar-refractivity contribution < 1.29 is 40.6 Å². The first-order valence-electron chi connectivity index (χ1n) is 10.4. The van der Waals surface area contributed by atoms with Gasteiger partial charge in [-0.15, -0.1) is 13.2 Å². The Morgan fingerprint density at radius 3 is 2.14 bits per heavy atom. The minimum atomic E-state index is -4.84. The molecule has 0 fully saturated rings. The molecule has 4 rings (SSSR count). The summed E-state index contributed by atoms with van der Waals surface area (Å²) >= 11 is 0. The normalized spacial score (nSPS) is 15.6. The van der Waals surface area contributed by atoms with Gasteiger partial charge in [0.2, 0.25) is 0 Å². The van der Waals surface area contributed by atoms with E-state index in [0.717, 1.165) is 17.1 Å². The van der Waals surface area contributed by atoms with Gasteiger partial charge in [-0.05, 0) is 71.8 Å². The number of halogens is 6. The lowest BCUT2D eigenvalue weighted by molar-refractivity contribution is -0.274. The minimum absolute atomic E-state index is 0.0572. The van der Waals surface area contributed by atoms with Crippen molar-refractivity contribution in [2.24, 2.45) is 5.10 Å². The first kappa shape index (κ1) is 24.9. The summed E-state index contributed by atoms with van der Waals surface area (Å²) < 4.78 is 83.6. The Balaban J connectivity index is 1.55. The second-order valence-corrected chi connectivity index (χ2v) is 7.58. The van der Waals surface area contributed by atoms with E-state index in [1.165, 1.54) is 48.5 Å². The van der Waals surface area contributed by atoms with E-state index in [9.17, 15) is 31.1 Å². The monoisotopic (exact) mass is 509 g/mol. The lowest BCUT2D eigenvalue weighted by atomic mass is 9.90. The first-order valence-corrected chi connectivity index (χ1v) is 10.4. The van der Waals surface area contributed by atoms with Crippen LogP contribution in [0.2, 0.25) is 0 Å². The third kappa shape index (κ3) is 6.26. The maximum Gasteiger partial charge on any atom is 0.573 e. The molecule has 1 N–H and O–H groups in total. The third-order valence-corrected chi connectivity index (χ3v) is 5.14. The van der Waals surface area contributed by atoms with Crippen LogP contribution in [0.25, 0.3) is 0 Å². The molecule has 0 saturated heterocycles. The second kappa shape index (κ2) is 10.2. The zero-order valence-corrected chi connectivity index (χ0v) is 18.2. The minimum Gasteiger partial charge on any atom is -0.435 e. The summed E-state index contributed by atoms with van der Waals surface area (Å²) in [5.74, 6) is -1.42. The fourth-order valence-electron chi connectivity index (χ4n) is 3.58. The average Bonchev–Trinajstić information content (AvgIpc) is 3.26. The molecule has 3 aromatic carbocycles. The molecule has 1 atom stereocenters. The number of nitrogens with zero attached hydrogens (tertiary/aromatic N) is 2. The summed E-state index contributed by atoms with van der Waals surface area (Å²) in [5.41, 5.74) is 1.81. The average molecular weight is 509 g/mol. The van der Waals surface area contributed by atoms with E-state index in [-0.39, 0.29) is 18.0 Å². The van der Waals surface area contributed by atoms with E-state index in [2.05, 4.69) is 19.9 Å². The summed E-state index contributed by atoms with van der Waals surface area (Å²) in [6.45, 7) is -2.92. The van der Waals surface area contributed by atoms with E-state index in [1.807, 2.05) is 0 Å². The zero-order chi connectivity index (χ0) is 25.9. The Morgan fingerprint density at radius 1 is 0.944 bits per heavy atom. The van der Waals surface area contributed by atoms with Gasteiger partial charge >= 0.3 is 19.0 Å². The van der Waals surface area contributed by atoms with Gasteiger partial charge in [0.15, 0.2) is 0 Å². The molecular formula is C24H17F6N3O3. The second-order valence-electron chi connectivity index (χ2n) is 7.58. The van der Waals surface area contributed by atoms with Crippen molar-refractivity contribution in [1.82, 2.24) is 5.01 Å². The van der Waals surface area contributed by atoms with Crippen LogP contribution in [-0.2, 0) is 0 Å². The number of hydrogen-bond donors (Lipinski definition) is 1. The number of carbonyl (C=O) groups excluding carboxylic acids is 1. The Morgan fingerprint density at radius 2 is 1.56 bits per heavy atom. The molecule has 188 valence electrons. The Kier molecular flexibility index (Phi) is 7.04. The Bertz CT molecular complexity index is 1230. The summed E-state index contributed by atoms with van der Waals surface area (Å²) in [4.78, 5) is 12.8. The zero-order valence-electron chi connectivity index (χ0n) is 18.2. The lowest BCUT2D eigenvalue weighted by Gasteiger charge is -2.16. The van der Waals surface area contributed by atoms with E-state index >= 15 is 0 Å². The van der Waals surface area contributed by atoms with Crippen molar-refractivity contribution in [3.8, 4) is 11.5 Å². The molecule has 0 spiro atoms. The Hall–Kier alpha value is -4.22. The van der Waals surface area contributed by atoms with Crippen LogP contribution in [0.15, 0.2) is 77.9 Å². The van der Waals surface area contributed by atoms with Crippen LogP contribution in [-0.4, -0.2) is 36.3 Å². The quantitative estimate of drug-likeness (QED) is 0.394. The lowest BCUT2D eigenvalue weighted by Crippen LogP contribution is -2.30. The summed E-state index contributed by atoms with van der Waals surface area (Å²) in [5, 5.41) is 8.03. The molecule has 6 nitrogen and oxygen atoms in total. The number of alkyl halides is 5. The van der Waals surface area contributed by atoms with Gasteiger partial charge in [-0.3, -0.25) is 0 Å². The molecule has 12 heteroatoms. The topological polar surface area (TPSA) is 63.2 Å². The van der Waals surface area contributed by atoms with Crippen molar-refractivity contribution in [2.75, 3.05) is 11.9 Å². The van der Waals surface area contributed by atoms with Gasteiger partial charge in [0, 0.05) is 11.6 Å². The SMILES string of the molecule is O=C(Nc1ccc(OC(F)(F)F)cc1)N1CC(c2ccc(F)cc2)C(c2ccc(OC(F)F)cc2)=N1. The molecule has 0 aromatic heterocycles. The van der Waals surface area contributed by atoms with Crippen molar-refractivity contribution in [3.63, 3.8) is 0 Å². The highest BCUT2D eigenvalue weighted by Gasteiger charge is 2.33. The smallest absolute Gasteiger partial charge is 0.435 e. The number of nitrogens with one attached hydrogen (secondary N) is 1. The van der Waals surface area contributed by atoms with Crippen LogP contribution >= 0.6 is 0 Å². The van der Waals surface area contributed by atoms with Crippen LogP contribution in [0.5, 0.6) is 11.5 Å². The number of urea groups is 1. The molecule has 0 saturated carbocycles. The summed E-state index contributed by atoms with van der Waals surface area (Å²) in [7, 11) is 0. The first-order chi connectivity index (χ1) is 17.1. The van der Waals surface area contributed by atoms with E-state index < -0.39 is 36.5 Å². The maximum atomic E-state index is 13.5. The van der Waals surface area contributed by atoms with Crippen LogP contribution in [0.4, 0.5) is 36.8 Å². The van der Waals surface area contributed by atoms with Gasteiger partial charge in [-0.2, -0.15) is 13.9 Å². The predicted molar refractivity (Wildman–Crippen MR) is 118 cm³/mol. The van der Waals surface area contributed by atoms with E-state index in [4.69, 9.17) is 0 Å². The van der Waals surface area contributed by atoms with E-state index in [1.54, 1.807) is 12.1 Å². The number of hydrogen-bond acceptors (Lipinski definition) is 4. The van der Waals surface area contributed by atoms with Crippen molar-refractivity contribution in [2.45, 2.75) is 18.9 Å². The fraction of sp³-hybridized carbons (Fsp3) is 0.167. The molecule has 1 unspecified atom stereocenters. The van der Waals surface area contributed by atoms with Crippen LogP contribution < -0.4 is 14.8 Å². The molecule has 0 bridgehead atoms. The van der Waals surface area contributed by atoms with E-state index in [0.29, 0.717) is 16.8 Å². The predicted octanol–water partition coefficient (Wildman–Crippen LogP) is 6.36.